The van der Waals surface area contributed by atoms with Gasteiger partial charge in [-0.3, -0.25) is 0 Å². The van der Waals surface area contributed by atoms with Gasteiger partial charge >= 0.3 is 0 Å². The van der Waals surface area contributed by atoms with Gasteiger partial charge in [0, 0.05) is 13.6 Å². The van der Waals surface area contributed by atoms with E-state index in [2.05, 4.69) is 27.8 Å². The summed E-state index contributed by atoms with van der Waals surface area (Å²) < 4.78 is 15.5. The topological polar surface area (TPSA) is 55.6 Å². The van der Waals surface area contributed by atoms with E-state index in [9.17, 15) is 4.39 Å². The average Bonchev–Trinajstić information content (AvgIpc) is 2.79. The molecule has 0 amide bonds. The van der Waals surface area contributed by atoms with Gasteiger partial charge in [-0.1, -0.05) is 13.0 Å². The number of halogens is 1. The third kappa shape index (κ3) is 3.74. The minimum atomic E-state index is -0.246. The van der Waals surface area contributed by atoms with Gasteiger partial charge in [0.25, 0.3) is 0 Å². The van der Waals surface area contributed by atoms with E-state index in [1.54, 1.807) is 19.2 Å². The Morgan fingerprint density at radius 1 is 1.42 bits per heavy atom. The largest absolute Gasteiger partial charge is 0.313 e. The molecule has 0 fully saturated rings. The van der Waals surface area contributed by atoms with Gasteiger partial charge in [0.15, 0.2) is 0 Å². The van der Waals surface area contributed by atoms with E-state index in [-0.39, 0.29) is 5.82 Å². The highest BCUT2D eigenvalue weighted by Gasteiger charge is 2.09. The van der Waals surface area contributed by atoms with Gasteiger partial charge in [0.1, 0.15) is 5.82 Å². The first-order valence-corrected chi connectivity index (χ1v) is 6.91. The average molecular weight is 281 g/mol. The van der Waals surface area contributed by atoms with Gasteiger partial charge in [0.2, 0.25) is 5.16 Å². The van der Waals surface area contributed by atoms with Crippen LogP contribution in [0, 0.1) is 5.82 Å². The number of benzene rings is 1. The first-order valence-electron chi connectivity index (χ1n) is 6.10. The minimum Gasteiger partial charge on any atom is -0.313 e. The van der Waals surface area contributed by atoms with Crippen molar-refractivity contribution in [3.63, 3.8) is 0 Å². The molecule has 7 heteroatoms. The Hall–Kier alpha value is -1.47. The molecule has 5 nitrogen and oxygen atoms in total. The zero-order valence-electron chi connectivity index (χ0n) is 10.9. The molecule has 0 saturated heterocycles. The monoisotopic (exact) mass is 281 g/mol. The van der Waals surface area contributed by atoms with Crippen molar-refractivity contribution >= 4 is 11.8 Å². The van der Waals surface area contributed by atoms with Crippen LogP contribution in [-0.4, -0.2) is 26.8 Å². The lowest BCUT2D eigenvalue weighted by Gasteiger charge is -2.06. The summed E-state index contributed by atoms with van der Waals surface area (Å²) >= 11 is 1.22. The molecule has 0 aliphatic carbocycles. The molecule has 19 heavy (non-hydrogen) atoms. The number of tetrazole rings is 1. The molecule has 1 N–H and O–H groups in total. The van der Waals surface area contributed by atoms with Crippen molar-refractivity contribution < 1.29 is 4.39 Å². The molecule has 2 rings (SSSR count). The lowest BCUT2D eigenvalue weighted by molar-refractivity contribution is 0.594. The molecule has 0 spiro atoms. The summed E-state index contributed by atoms with van der Waals surface area (Å²) in [6, 6.07) is 5.23. The molecule has 0 aliphatic heterocycles. The van der Waals surface area contributed by atoms with Gasteiger partial charge in [-0.25, -0.2) is 9.07 Å². The Kier molecular flexibility index (Phi) is 4.86. The van der Waals surface area contributed by atoms with Gasteiger partial charge < -0.3 is 5.32 Å². The molecule has 0 radical (unpaired) electrons. The number of hydrogen-bond donors (Lipinski definition) is 1. The van der Waals surface area contributed by atoms with E-state index in [1.165, 1.54) is 16.4 Å². The molecule has 1 heterocycles. The summed E-state index contributed by atoms with van der Waals surface area (Å²) in [5.41, 5.74) is 0.936. The second-order valence-corrected chi connectivity index (χ2v) is 5.14. The van der Waals surface area contributed by atoms with Crippen LogP contribution in [0.4, 0.5) is 4.39 Å². The van der Waals surface area contributed by atoms with E-state index >= 15 is 0 Å². The lowest BCUT2D eigenvalue weighted by Crippen LogP contribution is -2.13. The molecule has 0 unspecified atom stereocenters. The van der Waals surface area contributed by atoms with Crippen LogP contribution in [0.15, 0.2) is 28.3 Å². The van der Waals surface area contributed by atoms with E-state index in [1.807, 2.05) is 6.07 Å². The highest BCUT2D eigenvalue weighted by Crippen LogP contribution is 2.27. The second-order valence-electron chi connectivity index (χ2n) is 4.13. The van der Waals surface area contributed by atoms with Crippen molar-refractivity contribution in [2.75, 3.05) is 6.54 Å². The Labute approximate surface area is 115 Å². The van der Waals surface area contributed by atoms with Crippen LogP contribution in [-0.2, 0) is 13.6 Å². The van der Waals surface area contributed by atoms with Crippen LogP contribution in [0.5, 0.6) is 0 Å². The first-order chi connectivity index (χ1) is 9.20. The van der Waals surface area contributed by atoms with Crippen LogP contribution >= 0.6 is 11.8 Å². The maximum atomic E-state index is 14.0. The van der Waals surface area contributed by atoms with Gasteiger partial charge in [-0.15, -0.1) is 5.10 Å². The Balaban J connectivity index is 2.05. The smallest absolute Gasteiger partial charge is 0.213 e. The summed E-state index contributed by atoms with van der Waals surface area (Å²) in [6.07, 6.45) is 1.07. The van der Waals surface area contributed by atoms with E-state index in [0.717, 1.165) is 18.5 Å². The molecule has 1 aromatic heterocycles. The van der Waals surface area contributed by atoms with Crippen molar-refractivity contribution in [3.05, 3.63) is 29.6 Å². The van der Waals surface area contributed by atoms with Crippen molar-refractivity contribution in [2.45, 2.75) is 29.9 Å². The standard InChI is InChI=1S/C12H16FN5S/c1-3-6-14-8-9-4-5-11(10(13)7-9)19-12-15-16-17-18(12)2/h4-5,7,14H,3,6,8H2,1-2H3. The van der Waals surface area contributed by atoms with Crippen LogP contribution < -0.4 is 5.32 Å². The minimum absolute atomic E-state index is 0.246. The summed E-state index contributed by atoms with van der Waals surface area (Å²) in [6.45, 7) is 3.71. The summed E-state index contributed by atoms with van der Waals surface area (Å²) in [5.74, 6) is -0.246. The molecule has 0 aliphatic rings. The normalized spacial score (nSPS) is 10.9. The number of hydrogen-bond acceptors (Lipinski definition) is 5. The predicted molar refractivity (Wildman–Crippen MR) is 71.3 cm³/mol. The Morgan fingerprint density at radius 2 is 2.26 bits per heavy atom. The number of nitrogens with one attached hydrogen (secondary N) is 1. The van der Waals surface area contributed by atoms with Crippen LogP contribution in [0.3, 0.4) is 0 Å². The van der Waals surface area contributed by atoms with Crippen molar-refractivity contribution in [2.24, 2.45) is 7.05 Å². The highest BCUT2D eigenvalue weighted by atomic mass is 32.2. The highest BCUT2D eigenvalue weighted by molar-refractivity contribution is 7.99. The van der Waals surface area contributed by atoms with Crippen molar-refractivity contribution in [3.8, 4) is 0 Å². The zero-order chi connectivity index (χ0) is 13.7. The molecule has 102 valence electrons. The number of rotatable bonds is 6. The van der Waals surface area contributed by atoms with Gasteiger partial charge in [-0.05, 0) is 52.9 Å². The fourth-order valence-corrected chi connectivity index (χ4v) is 2.29. The van der Waals surface area contributed by atoms with E-state index < -0.39 is 0 Å². The summed E-state index contributed by atoms with van der Waals surface area (Å²) in [7, 11) is 1.73. The molecule has 0 atom stereocenters. The third-order valence-electron chi connectivity index (χ3n) is 2.53. The molecule has 2 aromatic rings. The first kappa shape index (κ1) is 14.0. The van der Waals surface area contributed by atoms with Gasteiger partial charge in [-0.2, -0.15) is 0 Å². The van der Waals surface area contributed by atoms with Crippen LogP contribution in [0.2, 0.25) is 0 Å². The number of nitrogens with zero attached hydrogens (tertiary/aromatic N) is 4. The fraction of sp³-hybridized carbons (Fsp3) is 0.417. The van der Waals surface area contributed by atoms with Crippen molar-refractivity contribution in [1.82, 2.24) is 25.5 Å². The number of aromatic nitrogens is 4. The maximum absolute atomic E-state index is 14.0. The van der Waals surface area contributed by atoms with Gasteiger partial charge in [0.05, 0.1) is 4.90 Å². The molecule has 0 saturated carbocycles. The van der Waals surface area contributed by atoms with Crippen molar-refractivity contribution in [1.29, 1.82) is 0 Å². The molecular formula is C12H16FN5S. The SMILES string of the molecule is CCCNCc1ccc(Sc2nnnn2C)c(F)c1. The second kappa shape index (κ2) is 6.63. The summed E-state index contributed by atoms with van der Waals surface area (Å²) in [4.78, 5) is 0.525. The Morgan fingerprint density at radius 3 is 2.89 bits per heavy atom. The van der Waals surface area contributed by atoms with E-state index in [0.29, 0.717) is 16.6 Å². The van der Waals surface area contributed by atoms with E-state index in [4.69, 9.17) is 0 Å². The predicted octanol–water partition coefficient (Wildman–Crippen LogP) is 2.00. The fourth-order valence-electron chi connectivity index (χ4n) is 1.55. The maximum Gasteiger partial charge on any atom is 0.213 e. The molecule has 0 bridgehead atoms. The summed E-state index contributed by atoms with van der Waals surface area (Å²) in [5, 5.41) is 14.9. The molecule has 1 aromatic carbocycles. The van der Waals surface area contributed by atoms with Crippen LogP contribution in [0.1, 0.15) is 18.9 Å². The quantitative estimate of drug-likeness (QED) is 0.821. The number of aryl methyl sites for hydroxylation is 1. The molecular weight excluding hydrogens is 265 g/mol. The van der Waals surface area contributed by atoms with Crippen LogP contribution in [0.25, 0.3) is 0 Å². The Bertz CT molecular complexity index is 543. The lowest BCUT2D eigenvalue weighted by atomic mass is 10.2. The zero-order valence-corrected chi connectivity index (χ0v) is 11.7. The third-order valence-corrected chi connectivity index (χ3v) is 3.61.